The zero-order valence-electron chi connectivity index (χ0n) is 11.8. The van der Waals surface area contributed by atoms with E-state index in [0.29, 0.717) is 0 Å². The maximum absolute atomic E-state index is 11.7. The third-order valence-electron chi connectivity index (χ3n) is 3.99. The lowest BCUT2D eigenvalue weighted by Gasteiger charge is -2.26. The molecule has 0 atom stereocenters. The third kappa shape index (κ3) is 3.81. The minimum Gasteiger partial charge on any atom is -0.379 e. The Kier molecular flexibility index (Phi) is 4.33. The summed E-state index contributed by atoms with van der Waals surface area (Å²) in [6.07, 6.45) is 3.14. The van der Waals surface area contributed by atoms with Crippen LogP contribution in [0.4, 0.5) is 5.69 Å². The van der Waals surface area contributed by atoms with Crippen molar-refractivity contribution in [2.24, 2.45) is 5.92 Å². The summed E-state index contributed by atoms with van der Waals surface area (Å²) in [5.41, 5.74) is 2.23. The van der Waals surface area contributed by atoms with E-state index in [1.54, 1.807) is 0 Å². The highest BCUT2D eigenvalue weighted by Gasteiger charge is 2.29. The quantitative estimate of drug-likeness (QED) is 0.892. The fraction of sp³-hybridized carbons (Fsp3) is 0.562. The van der Waals surface area contributed by atoms with E-state index >= 15 is 0 Å². The van der Waals surface area contributed by atoms with Gasteiger partial charge in [-0.25, -0.2) is 0 Å². The van der Waals surface area contributed by atoms with Crippen molar-refractivity contribution in [3.8, 4) is 0 Å². The van der Waals surface area contributed by atoms with Crippen LogP contribution in [0, 0.1) is 5.92 Å². The molecule has 4 heteroatoms. The van der Waals surface area contributed by atoms with Gasteiger partial charge in [-0.2, -0.15) is 0 Å². The summed E-state index contributed by atoms with van der Waals surface area (Å²) in [6, 6.07) is 8.25. The zero-order chi connectivity index (χ0) is 13.8. The first-order valence-corrected chi connectivity index (χ1v) is 7.51. The fourth-order valence-corrected chi connectivity index (χ4v) is 2.46. The Morgan fingerprint density at radius 3 is 2.55 bits per heavy atom. The fourth-order valence-electron chi connectivity index (χ4n) is 2.46. The lowest BCUT2D eigenvalue weighted by molar-refractivity contribution is -0.117. The number of hydrogen-bond acceptors (Lipinski definition) is 3. The molecule has 1 heterocycles. The van der Waals surface area contributed by atoms with Crippen molar-refractivity contribution >= 4 is 11.6 Å². The van der Waals surface area contributed by atoms with Gasteiger partial charge in [0.1, 0.15) is 0 Å². The molecular weight excluding hydrogens is 252 g/mol. The Labute approximate surface area is 120 Å². The van der Waals surface area contributed by atoms with E-state index in [1.807, 2.05) is 12.1 Å². The number of hydrogen-bond donors (Lipinski definition) is 1. The van der Waals surface area contributed by atoms with E-state index in [0.717, 1.165) is 57.8 Å². The van der Waals surface area contributed by atoms with E-state index in [9.17, 15) is 4.79 Å². The van der Waals surface area contributed by atoms with Crippen LogP contribution in [0.25, 0.3) is 0 Å². The number of nitrogens with zero attached hydrogens (tertiary/aromatic N) is 1. The van der Waals surface area contributed by atoms with Crippen LogP contribution in [0.1, 0.15) is 18.4 Å². The van der Waals surface area contributed by atoms with E-state index < -0.39 is 0 Å². The average molecular weight is 274 g/mol. The highest BCUT2D eigenvalue weighted by atomic mass is 16.5. The number of amides is 1. The van der Waals surface area contributed by atoms with Gasteiger partial charge in [-0.3, -0.25) is 9.69 Å². The summed E-state index contributed by atoms with van der Waals surface area (Å²) in [6.45, 7) is 4.86. The predicted molar refractivity (Wildman–Crippen MR) is 78.8 cm³/mol. The first kappa shape index (κ1) is 13.6. The summed E-state index contributed by atoms with van der Waals surface area (Å²) in [5.74, 6) is 0.432. The molecule has 2 fully saturated rings. The Balaban J connectivity index is 1.46. The zero-order valence-corrected chi connectivity index (χ0v) is 11.8. The number of nitrogens with one attached hydrogen (secondary N) is 1. The van der Waals surface area contributed by atoms with Crippen molar-refractivity contribution in [1.29, 1.82) is 0 Å². The molecule has 1 aliphatic carbocycles. The predicted octanol–water partition coefficient (Wildman–Crippen LogP) is 1.91. The number of benzene rings is 1. The van der Waals surface area contributed by atoms with Crippen LogP contribution in [0.5, 0.6) is 0 Å². The van der Waals surface area contributed by atoms with Crippen LogP contribution in [-0.2, 0) is 16.0 Å². The van der Waals surface area contributed by atoms with Crippen LogP contribution in [0.15, 0.2) is 24.3 Å². The summed E-state index contributed by atoms with van der Waals surface area (Å²) < 4.78 is 5.35. The average Bonchev–Trinajstić information content (AvgIpc) is 3.32. The monoisotopic (exact) mass is 274 g/mol. The molecular formula is C16H22N2O2. The van der Waals surface area contributed by atoms with Crippen LogP contribution in [-0.4, -0.2) is 43.7 Å². The second-order valence-electron chi connectivity index (χ2n) is 5.66. The van der Waals surface area contributed by atoms with Gasteiger partial charge in [-0.05, 0) is 37.0 Å². The number of morpholine rings is 1. The van der Waals surface area contributed by atoms with Gasteiger partial charge in [-0.15, -0.1) is 0 Å². The maximum Gasteiger partial charge on any atom is 0.227 e. The molecule has 0 spiro atoms. The van der Waals surface area contributed by atoms with E-state index in [-0.39, 0.29) is 11.8 Å². The molecule has 2 aliphatic rings. The largest absolute Gasteiger partial charge is 0.379 e. The van der Waals surface area contributed by atoms with Crippen LogP contribution >= 0.6 is 0 Å². The Morgan fingerprint density at radius 1 is 1.20 bits per heavy atom. The van der Waals surface area contributed by atoms with Gasteiger partial charge in [0.25, 0.3) is 0 Å². The Morgan fingerprint density at radius 2 is 1.90 bits per heavy atom. The van der Waals surface area contributed by atoms with Gasteiger partial charge >= 0.3 is 0 Å². The molecule has 0 aromatic heterocycles. The molecule has 1 saturated carbocycles. The van der Waals surface area contributed by atoms with Crippen LogP contribution in [0.3, 0.4) is 0 Å². The minimum atomic E-state index is 0.172. The molecule has 1 aliphatic heterocycles. The van der Waals surface area contributed by atoms with Gasteiger partial charge < -0.3 is 10.1 Å². The van der Waals surface area contributed by atoms with Gasteiger partial charge in [0.05, 0.1) is 13.2 Å². The summed E-state index contributed by atoms with van der Waals surface area (Å²) >= 11 is 0. The highest BCUT2D eigenvalue weighted by Crippen LogP contribution is 2.30. The van der Waals surface area contributed by atoms with Gasteiger partial charge in [0.2, 0.25) is 5.91 Å². The van der Waals surface area contributed by atoms with E-state index in [1.165, 1.54) is 5.56 Å². The molecule has 108 valence electrons. The summed E-state index contributed by atoms with van der Waals surface area (Å²) in [5, 5.41) is 2.97. The standard InChI is InChI=1S/C16H22N2O2/c19-16(14-3-4-14)17-15-5-1-13(2-6-15)7-8-18-9-11-20-12-10-18/h1-2,5-6,14H,3-4,7-12H2,(H,17,19). The topological polar surface area (TPSA) is 41.6 Å². The number of ether oxygens (including phenoxy) is 1. The number of anilines is 1. The molecule has 0 unspecified atom stereocenters. The molecule has 1 saturated heterocycles. The van der Waals surface area contributed by atoms with Crippen LogP contribution < -0.4 is 5.32 Å². The van der Waals surface area contributed by atoms with Crippen molar-refractivity contribution in [2.75, 3.05) is 38.2 Å². The number of carbonyl (C=O) groups excluding carboxylic acids is 1. The Hall–Kier alpha value is -1.39. The molecule has 3 rings (SSSR count). The van der Waals surface area contributed by atoms with Crippen molar-refractivity contribution in [2.45, 2.75) is 19.3 Å². The lowest BCUT2D eigenvalue weighted by Crippen LogP contribution is -2.37. The summed E-state index contributed by atoms with van der Waals surface area (Å²) in [7, 11) is 0. The minimum absolute atomic E-state index is 0.172. The van der Waals surface area contributed by atoms with Crippen molar-refractivity contribution in [1.82, 2.24) is 4.90 Å². The second-order valence-corrected chi connectivity index (χ2v) is 5.66. The molecule has 20 heavy (non-hydrogen) atoms. The molecule has 0 radical (unpaired) electrons. The molecule has 1 aromatic rings. The molecule has 4 nitrogen and oxygen atoms in total. The van der Waals surface area contributed by atoms with Crippen LogP contribution in [0.2, 0.25) is 0 Å². The summed E-state index contributed by atoms with van der Waals surface area (Å²) in [4.78, 5) is 14.1. The normalized spacial score (nSPS) is 19.8. The molecule has 1 amide bonds. The van der Waals surface area contributed by atoms with Gasteiger partial charge in [-0.1, -0.05) is 12.1 Å². The highest BCUT2D eigenvalue weighted by molar-refractivity contribution is 5.93. The SMILES string of the molecule is O=C(Nc1ccc(CCN2CCOCC2)cc1)C1CC1. The molecule has 1 N–H and O–H groups in total. The lowest BCUT2D eigenvalue weighted by atomic mass is 10.1. The molecule has 1 aromatic carbocycles. The van der Waals surface area contributed by atoms with Gasteiger partial charge in [0, 0.05) is 31.2 Å². The smallest absolute Gasteiger partial charge is 0.227 e. The maximum atomic E-state index is 11.7. The van der Waals surface area contributed by atoms with Gasteiger partial charge in [0.15, 0.2) is 0 Å². The van der Waals surface area contributed by atoms with E-state index in [2.05, 4.69) is 22.3 Å². The first-order valence-electron chi connectivity index (χ1n) is 7.51. The number of rotatable bonds is 5. The molecule has 0 bridgehead atoms. The van der Waals surface area contributed by atoms with Crippen molar-refractivity contribution < 1.29 is 9.53 Å². The Bertz CT molecular complexity index is 448. The third-order valence-corrected chi connectivity index (χ3v) is 3.99. The first-order chi connectivity index (χ1) is 9.81. The second kappa shape index (κ2) is 6.37. The number of carbonyl (C=O) groups is 1. The van der Waals surface area contributed by atoms with Crippen molar-refractivity contribution in [3.63, 3.8) is 0 Å². The van der Waals surface area contributed by atoms with E-state index in [4.69, 9.17) is 4.74 Å². The van der Waals surface area contributed by atoms with Crippen molar-refractivity contribution in [3.05, 3.63) is 29.8 Å².